The summed E-state index contributed by atoms with van der Waals surface area (Å²) in [5, 5.41) is 4.45. The minimum absolute atomic E-state index is 0. The third-order valence-corrected chi connectivity index (χ3v) is 9.37. The van der Waals surface area contributed by atoms with E-state index >= 15 is 0 Å². The van der Waals surface area contributed by atoms with Gasteiger partial charge in [0.25, 0.3) is 0 Å². The molecule has 201 valence electrons. The van der Waals surface area contributed by atoms with Crippen molar-refractivity contribution in [3.05, 3.63) is 111 Å². The van der Waals surface area contributed by atoms with Gasteiger partial charge in [-0.25, -0.2) is 5.57 Å². The fraction of sp³-hybridized carbons (Fsp3) is 0.333. The van der Waals surface area contributed by atoms with Gasteiger partial charge < -0.3 is 37.2 Å². The zero-order valence-corrected chi connectivity index (χ0v) is 29.2. The summed E-state index contributed by atoms with van der Waals surface area (Å²) >= 11 is 0. The molecule has 0 aliphatic heterocycles. The van der Waals surface area contributed by atoms with E-state index in [0.29, 0.717) is 5.92 Å². The van der Waals surface area contributed by atoms with Crippen LogP contribution in [0.4, 0.5) is 0 Å². The minimum Gasteiger partial charge on any atom is -1.00 e. The van der Waals surface area contributed by atoms with Crippen molar-refractivity contribution in [1.29, 1.82) is 0 Å². The molecular formula is C33H40Cl3SiTi. The number of allylic oxidation sites excluding steroid dienone is 4. The van der Waals surface area contributed by atoms with Crippen molar-refractivity contribution in [2.75, 3.05) is 0 Å². The van der Waals surface area contributed by atoms with Gasteiger partial charge in [0.1, 0.15) is 0 Å². The maximum atomic E-state index is 3.36. The summed E-state index contributed by atoms with van der Waals surface area (Å²) in [4.78, 5) is 0. The van der Waals surface area contributed by atoms with E-state index in [1.54, 1.807) is 0 Å². The number of aryl methyl sites for hydroxylation is 6. The largest absolute Gasteiger partial charge is 4.00 e. The van der Waals surface area contributed by atoms with E-state index in [4.69, 9.17) is 0 Å². The molecule has 0 nitrogen and oxygen atoms in total. The van der Waals surface area contributed by atoms with E-state index in [9.17, 15) is 0 Å². The first-order valence-corrected chi connectivity index (χ1v) is 13.9. The van der Waals surface area contributed by atoms with Crippen LogP contribution in [0.2, 0.25) is 0 Å². The first kappa shape index (κ1) is 39.1. The summed E-state index contributed by atoms with van der Waals surface area (Å²) in [5.74, 6) is 0.560. The van der Waals surface area contributed by atoms with Crippen molar-refractivity contribution in [2.45, 2.75) is 69.2 Å². The second kappa shape index (κ2) is 16.9. The molecule has 3 aromatic rings. The van der Waals surface area contributed by atoms with E-state index in [1.807, 2.05) is 0 Å². The second-order valence-electron chi connectivity index (χ2n) is 10.3. The molecule has 4 rings (SSSR count). The predicted octanol–water partition coefficient (Wildman–Crippen LogP) is -2.22. The third kappa shape index (κ3) is 10.2. The number of hydrogen-bond acceptors (Lipinski definition) is 0. The van der Waals surface area contributed by atoms with Crippen LogP contribution in [0.5, 0.6) is 0 Å². The molecule has 0 N–H and O–H groups in total. The van der Waals surface area contributed by atoms with Gasteiger partial charge in [-0.05, 0) is 41.5 Å². The third-order valence-electron chi connectivity index (χ3n) is 6.77. The van der Waals surface area contributed by atoms with E-state index in [2.05, 4.69) is 130 Å². The van der Waals surface area contributed by atoms with Gasteiger partial charge >= 0.3 is 21.7 Å². The molecule has 5 heteroatoms. The SMILES string of the molecule is CC1=[C-]C(C)C(C)=C1C.Cc1cc(C)cc([Si](c2cc(C)cc(C)c2)c2cc(C)cc(C)c2)c1.[Cl-].[Cl-].[Cl-].[Ti+4]. The van der Waals surface area contributed by atoms with Crippen LogP contribution in [0.25, 0.3) is 0 Å². The van der Waals surface area contributed by atoms with Crippen LogP contribution in [0.15, 0.2) is 71.3 Å². The summed E-state index contributed by atoms with van der Waals surface area (Å²) in [5.41, 5.74) is 12.4. The van der Waals surface area contributed by atoms with E-state index in [0.717, 1.165) is 0 Å². The van der Waals surface area contributed by atoms with E-state index < -0.39 is 8.80 Å². The standard InChI is InChI=1S/C24H27Si.C9H13.3ClH.Ti/c1-16-7-17(2)11-22(10-16)25(23-12-18(3)8-19(4)13-23)24-14-20(5)9-21(6)15-24;1-6-5-7(2)9(4)8(6)3;;;;/h7-15H,1-6H3;6H,1-4H3;3*1H;/q;-1;;;;+4/p-3. The Kier molecular flexibility index (Phi) is 17.4. The molecule has 0 fully saturated rings. The van der Waals surface area contributed by atoms with Crippen molar-refractivity contribution in [2.24, 2.45) is 5.92 Å². The Balaban J connectivity index is 0. The van der Waals surface area contributed by atoms with Crippen LogP contribution in [0.3, 0.4) is 0 Å². The van der Waals surface area contributed by atoms with Gasteiger partial charge in [0.2, 0.25) is 0 Å². The van der Waals surface area contributed by atoms with Crippen molar-refractivity contribution >= 4 is 24.4 Å². The van der Waals surface area contributed by atoms with Crippen molar-refractivity contribution in [3.8, 4) is 0 Å². The fourth-order valence-corrected chi connectivity index (χ4v) is 8.25. The average molecular weight is 619 g/mol. The number of hydrogen-bond donors (Lipinski definition) is 0. The summed E-state index contributed by atoms with van der Waals surface area (Å²) in [7, 11) is -1.01. The van der Waals surface area contributed by atoms with Gasteiger partial charge in [0, 0.05) is 0 Å². The molecule has 1 aliphatic carbocycles. The molecule has 0 bridgehead atoms. The molecule has 1 aliphatic rings. The normalized spacial score (nSPS) is 13.8. The summed E-state index contributed by atoms with van der Waals surface area (Å²) in [6.07, 6.45) is 3.36. The molecule has 0 aromatic heterocycles. The Labute approximate surface area is 267 Å². The van der Waals surface area contributed by atoms with Gasteiger partial charge in [-0.3, -0.25) is 6.08 Å². The molecule has 0 saturated carbocycles. The zero-order valence-electron chi connectivity index (χ0n) is 24.4. The first-order chi connectivity index (χ1) is 15.9. The van der Waals surface area contributed by atoms with Gasteiger partial charge in [-0.15, -0.1) is 6.92 Å². The van der Waals surface area contributed by atoms with Gasteiger partial charge in [-0.2, -0.15) is 11.1 Å². The van der Waals surface area contributed by atoms with E-state index in [1.165, 1.54) is 65.7 Å². The predicted molar refractivity (Wildman–Crippen MR) is 152 cm³/mol. The maximum absolute atomic E-state index is 3.36. The quantitative estimate of drug-likeness (QED) is 0.178. The molecular weight excluding hydrogens is 579 g/mol. The smallest absolute Gasteiger partial charge is 1.00 e. The van der Waals surface area contributed by atoms with Gasteiger partial charge in [0.05, 0.1) is 0 Å². The Morgan fingerprint density at radius 3 is 0.921 bits per heavy atom. The number of benzene rings is 3. The second-order valence-corrected chi connectivity index (χ2v) is 12.8. The molecule has 38 heavy (non-hydrogen) atoms. The van der Waals surface area contributed by atoms with Gasteiger partial charge in [0.15, 0.2) is 8.80 Å². The fourth-order valence-electron chi connectivity index (χ4n) is 5.02. The average Bonchev–Trinajstić information content (AvgIpc) is 2.92. The minimum atomic E-state index is -1.01. The Hall–Kier alpha value is -1.06. The van der Waals surface area contributed by atoms with Crippen molar-refractivity contribution in [3.63, 3.8) is 0 Å². The number of halogens is 3. The van der Waals surface area contributed by atoms with Crippen LogP contribution in [-0.4, -0.2) is 8.80 Å². The van der Waals surface area contributed by atoms with Crippen LogP contribution in [0, 0.1) is 53.5 Å². The molecule has 1 atom stereocenters. The first-order valence-electron chi connectivity index (χ1n) is 12.4. The van der Waals surface area contributed by atoms with Crippen molar-refractivity contribution in [1.82, 2.24) is 0 Å². The van der Waals surface area contributed by atoms with Gasteiger partial charge in [-0.1, -0.05) is 130 Å². The Morgan fingerprint density at radius 1 is 0.500 bits per heavy atom. The zero-order chi connectivity index (χ0) is 25.2. The molecule has 0 amide bonds. The molecule has 0 spiro atoms. The number of rotatable bonds is 3. The van der Waals surface area contributed by atoms with E-state index in [-0.39, 0.29) is 58.9 Å². The maximum Gasteiger partial charge on any atom is 4.00 e. The molecule has 3 aromatic carbocycles. The van der Waals surface area contributed by atoms with Crippen LogP contribution in [-0.2, 0) is 21.7 Å². The monoisotopic (exact) mass is 617 g/mol. The summed E-state index contributed by atoms with van der Waals surface area (Å²) in [6, 6.07) is 21.1. The summed E-state index contributed by atoms with van der Waals surface area (Å²) < 4.78 is 0. The Morgan fingerprint density at radius 2 is 0.763 bits per heavy atom. The van der Waals surface area contributed by atoms with Crippen LogP contribution in [0.1, 0.15) is 61.1 Å². The molecule has 1 unspecified atom stereocenters. The Bertz CT molecular complexity index is 1090. The topological polar surface area (TPSA) is 0 Å². The van der Waals surface area contributed by atoms with Crippen molar-refractivity contribution < 1.29 is 58.9 Å². The molecule has 0 heterocycles. The molecule has 0 saturated heterocycles. The summed E-state index contributed by atoms with van der Waals surface area (Å²) in [6.45, 7) is 21.9. The van der Waals surface area contributed by atoms with Crippen LogP contribution < -0.4 is 52.8 Å². The molecule has 1 radical (unpaired) electrons. The van der Waals surface area contributed by atoms with Crippen LogP contribution >= 0.6 is 0 Å².